The number of allylic oxidation sites excluding steroid dienone is 2. The van der Waals surface area contributed by atoms with Crippen LogP contribution in [0.5, 0.6) is 0 Å². The third-order valence-electron chi connectivity index (χ3n) is 10.9. The fourth-order valence-electron chi connectivity index (χ4n) is 6.47. The average Bonchev–Trinajstić information content (AvgIpc) is 3.82. The molecule has 2 N–H and O–H groups in total. The van der Waals surface area contributed by atoms with E-state index in [0.29, 0.717) is 11.4 Å². The van der Waals surface area contributed by atoms with Gasteiger partial charge in [0, 0.05) is 28.6 Å². The first kappa shape index (κ1) is 38.6. The van der Waals surface area contributed by atoms with Crippen molar-refractivity contribution in [3.8, 4) is 11.3 Å². The number of carbonyl (C=O) groups excluding carboxylic acids is 1. The van der Waals surface area contributed by atoms with Crippen LogP contribution in [-0.4, -0.2) is 44.2 Å². The first-order valence-electron chi connectivity index (χ1n) is 18.7. The van der Waals surface area contributed by atoms with Crippen LogP contribution in [-0.2, 0) is 21.3 Å². The van der Waals surface area contributed by atoms with E-state index >= 15 is 0 Å². The summed E-state index contributed by atoms with van der Waals surface area (Å²) in [6.45, 7) is 23.7. The molecule has 2 aliphatic rings. The molecule has 278 valence electrons. The Morgan fingerprint density at radius 3 is 2.32 bits per heavy atom. The van der Waals surface area contributed by atoms with E-state index in [2.05, 4.69) is 150 Å². The Morgan fingerprint density at radius 2 is 1.70 bits per heavy atom. The molecule has 1 amide bonds. The van der Waals surface area contributed by atoms with Gasteiger partial charge in [0.15, 0.2) is 0 Å². The van der Waals surface area contributed by atoms with Crippen LogP contribution in [0.3, 0.4) is 0 Å². The molecule has 1 atom stereocenters. The van der Waals surface area contributed by atoms with Crippen molar-refractivity contribution >= 4 is 46.4 Å². The van der Waals surface area contributed by atoms with Crippen molar-refractivity contribution in [2.75, 3.05) is 0 Å². The molecule has 0 saturated carbocycles. The van der Waals surface area contributed by atoms with Crippen molar-refractivity contribution in [2.24, 2.45) is 5.92 Å². The van der Waals surface area contributed by atoms with Crippen molar-refractivity contribution in [3.63, 3.8) is 0 Å². The second kappa shape index (κ2) is 15.0. The smallest absolute Gasteiger partial charge is 0.399 e. The summed E-state index contributed by atoms with van der Waals surface area (Å²) in [4.78, 5) is 30.4. The highest BCUT2D eigenvalue weighted by molar-refractivity contribution is 7.13. The highest BCUT2D eigenvalue weighted by Crippen LogP contribution is 2.37. The van der Waals surface area contributed by atoms with Crippen LogP contribution >= 0.6 is 11.3 Å². The highest BCUT2D eigenvalue weighted by atomic mass is 32.1. The van der Waals surface area contributed by atoms with Gasteiger partial charge in [0.1, 0.15) is 16.9 Å². The molecular formula is C43H54BN5O3S. The van der Waals surface area contributed by atoms with E-state index < -0.39 is 0 Å². The van der Waals surface area contributed by atoms with Gasteiger partial charge in [-0.05, 0) is 119 Å². The maximum atomic E-state index is 12.7. The number of nitrogens with one attached hydrogen (secondary N) is 2. The van der Waals surface area contributed by atoms with Crippen LogP contribution in [0.15, 0.2) is 61.1 Å². The normalized spacial score (nSPS) is 18.1. The number of benzene rings is 2. The van der Waals surface area contributed by atoms with Gasteiger partial charge in [-0.25, -0.2) is 15.0 Å². The number of hydrogen-bond donors (Lipinski definition) is 2. The number of aryl methyl sites for hydroxylation is 3. The van der Waals surface area contributed by atoms with Crippen molar-refractivity contribution in [2.45, 2.75) is 119 Å². The lowest BCUT2D eigenvalue weighted by Crippen LogP contribution is -2.41. The minimum absolute atomic E-state index is 0.0613. The monoisotopic (exact) mass is 731 g/mol. The number of thiazole rings is 1. The summed E-state index contributed by atoms with van der Waals surface area (Å²) in [6.07, 6.45) is 9.09. The van der Waals surface area contributed by atoms with Gasteiger partial charge >= 0.3 is 7.12 Å². The van der Waals surface area contributed by atoms with Gasteiger partial charge in [-0.3, -0.25) is 4.79 Å². The van der Waals surface area contributed by atoms with Gasteiger partial charge in [0.05, 0.1) is 28.1 Å². The number of nitrogens with zero attached hydrogens (tertiary/aromatic N) is 3. The molecule has 1 unspecified atom stereocenters. The summed E-state index contributed by atoms with van der Waals surface area (Å²) in [5.41, 5.74) is 10.6. The highest BCUT2D eigenvalue weighted by Gasteiger charge is 2.51. The number of rotatable bonds is 6. The Morgan fingerprint density at radius 1 is 0.962 bits per heavy atom. The summed E-state index contributed by atoms with van der Waals surface area (Å²) in [6, 6.07) is 14.8. The molecule has 1 aliphatic carbocycles. The Bertz CT molecular complexity index is 2140. The molecule has 0 radical (unpaired) electrons. The van der Waals surface area contributed by atoms with Crippen molar-refractivity contribution in [3.05, 3.63) is 98.9 Å². The fraction of sp³-hybridized carbons (Fsp3) is 0.442. The van der Waals surface area contributed by atoms with Crippen LogP contribution < -0.4 is 10.8 Å². The van der Waals surface area contributed by atoms with E-state index in [9.17, 15) is 4.79 Å². The average molecular weight is 732 g/mol. The lowest BCUT2D eigenvalue weighted by atomic mass is 9.78. The van der Waals surface area contributed by atoms with E-state index in [4.69, 9.17) is 9.31 Å². The Balaban J connectivity index is 0.000000236. The molecule has 2 aromatic carbocycles. The SMILES string of the molecule is Cc1cc(-c2ncnc3[nH]c(C4=CCC(C)CC4)cc23)ccc1CNC(=O)c1cnc(C(C)(C)C)s1.Cc1ccc(B2OC(C)(C)C(C)(C)O2)cc1C. The number of aromatic amines is 1. The summed E-state index contributed by atoms with van der Waals surface area (Å²) < 4.78 is 12.0. The van der Waals surface area contributed by atoms with Gasteiger partial charge in [-0.1, -0.05) is 64.1 Å². The van der Waals surface area contributed by atoms with Crippen molar-refractivity contribution in [1.82, 2.24) is 25.3 Å². The first-order chi connectivity index (χ1) is 24.9. The van der Waals surface area contributed by atoms with Gasteiger partial charge < -0.3 is 19.6 Å². The van der Waals surface area contributed by atoms with Gasteiger partial charge in [-0.2, -0.15) is 0 Å². The number of amides is 1. The summed E-state index contributed by atoms with van der Waals surface area (Å²) in [5.74, 6) is 0.665. The maximum Gasteiger partial charge on any atom is 0.494 e. The predicted molar refractivity (Wildman–Crippen MR) is 219 cm³/mol. The van der Waals surface area contributed by atoms with E-state index in [0.717, 1.165) is 68.3 Å². The third kappa shape index (κ3) is 8.50. The van der Waals surface area contributed by atoms with Crippen LogP contribution in [0, 0.1) is 26.7 Å². The molecule has 1 fully saturated rings. The number of H-pyrrole nitrogens is 1. The fourth-order valence-corrected chi connectivity index (χ4v) is 7.36. The Labute approximate surface area is 319 Å². The number of aromatic nitrogens is 4. The molecule has 4 heterocycles. The summed E-state index contributed by atoms with van der Waals surface area (Å²) in [7, 11) is -0.251. The largest absolute Gasteiger partial charge is 0.494 e. The maximum absolute atomic E-state index is 12.7. The van der Waals surface area contributed by atoms with Gasteiger partial charge in [0.2, 0.25) is 0 Å². The zero-order valence-corrected chi connectivity index (χ0v) is 34.0. The van der Waals surface area contributed by atoms with Crippen LogP contribution in [0.1, 0.15) is 117 Å². The Kier molecular flexibility index (Phi) is 10.9. The molecule has 5 aromatic rings. The van der Waals surface area contributed by atoms with E-state index in [1.807, 2.05) is 0 Å². The first-order valence-corrected chi connectivity index (χ1v) is 19.5. The topological polar surface area (TPSA) is 102 Å². The summed E-state index contributed by atoms with van der Waals surface area (Å²) in [5, 5.41) is 5.05. The summed E-state index contributed by atoms with van der Waals surface area (Å²) >= 11 is 1.46. The molecule has 1 saturated heterocycles. The van der Waals surface area contributed by atoms with Crippen LogP contribution in [0.4, 0.5) is 0 Å². The predicted octanol–water partition coefficient (Wildman–Crippen LogP) is 9.42. The van der Waals surface area contributed by atoms with E-state index in [1.165, 1.54) is 34.5 Å². The van der Waals surface area contributed by atoms with E-state index in [-0.39, 0.29) is 29.6 Å². The van der Waals surface area contributed by atoms with Gasteiger partial charge in [-0.15, -0.1) is 11.3 Å². The lowest BCUT2D eigenvalue weighted by Gasteiger charge is -2.32. The second-order valence-corrected chi connectivity index (χ2v) is 17.8. The van der Waals surface area contributed by atoms with Crippen LogP contribution in [0.2, 0.25) is 0 Å². The number of fused-ring (bicyclic) bond motifs is 1. The van der Waals surface area contributed by atoms with Crippen molar-refractivity contribution in [1.29, 1.82) is 0 Å². The standard InChI is InChI=1S/C29H33N5OS.C14H21BO2/c1-17-6-8-19(9-7-17)23-13-22-25(32-16-33-26(22)34-23)20-10-11-21(18(2)12-20)14-30-27(35)24-15-31-28(36-24)29(3,4)5;1-10-7-8-12(9-11(10)2)15-16-13(3,4)14(5,6)17-15/h8,10-13,15-17H,6-7,9,14H2,1-5H3,(H,30,35)(H,32,33,34);7-9H,1-6H3. The second-order valence-electron chi connectivity index (χ2n) is 16.8. The lowest BCUT2D eigenvalue weighted by molar-refractivity contribution is 0.00578. The van der Waals surface area contributed by atoms with Crippen LogP contribution in [0.25, 0.3) is 27.9 Å². The molecule has 1 aliphatic heterocycles. The number of carbonyl (C=O) groups is 1. The molecule has 0 spiro atoms. The third-order valence-corrected chi connectivity index (χ3v) is 12.3. The molecule has 10 heteroatoms. The molecule has 3 aromatic heterocycles. The number of hydrogen-bond acceptors (Lipinski definition) is 7. The molecular weight excluding hydrogens is 677 g/mol. The molecule has 7 rings (SSSR count). The molecule has 8 nitrogen and oxygen atoms in total. The molecule has 0 bridgehead atoms. The zero-order valence-electron chi connectivity index (χ0n) is 33.2. The van der Waals surface area contributed by atoms with E-state index in [1.54, 1.807) is 12.5 Å². The minimum Gasteiger partial charge on any atom is -0.399 e. The van der Waals surface area contributed by atoms with Gasteiger partial charge in [0.25, 0.3) is 5.91 Å². The molecule has 53 heavy (non-hydrogen) atoms. The van der Waals surface area contributed by atoms with Crippen molar-refractivity contribution < 1.29 is 14.1 Å². The quantitative estimate of drug-likeness (QED) is 0.169. The Hall–Kier alpha value is -4.12. The zero-order chi connectivity index (χ0) is 38.3. The minimum atomic E-state index is -0.267.